The highest BCUT2D eigenvalue weighted by molar-refractivity contribution is 6.05. The summed E-state index contributed by atoms with van der Waals surface area (Å²) in [6.07, 6.45) is 3.03. The van der Waals surface area contributed by atoms with Crippen LogP contribution in [0.1, 0.15) is 37.0 Å². The summed E-state index contributed by atoms with van der Waals surface area (Å²) >= 11 is 0. The number of nitrogens with one attached hydrogen (secondary N) is 1. The summed E-state index contributed by atoms with van der Waals surface area (Å²) in [6, 6.07) is 11.1. The van der Waals surface area contributed by atoms with Crippen molar-refractivity contribution in [2.75, 3.05) is 20.3 Å². The highest BCUT2D eigenvalue weighted by atomic mass is 16.5. The molecule has 1 N–H and O–H groups in total. The van der Waals surface area contributed by atoms with Crippen molar-refractivity contribution in [2.45, 2.75) is 38.3 Å². The minimum atomic E-state index is -1.04. The summed E-state index contributed by atoms with van der Waals surface area (Å²) in [5.41, 5.74) is -0.516. The van der Waals surface area contributed by atoms with Gasteiger partial charge in [0.1, 0.15) is 11.5 Å². The largest absolute Gasteiger partial charge is 0.497 e. The van der Waals surface area contributed by atoms with E-state index in [2.05, 4.69) is 17.2 Å². The van der Waals surface area contributed by atoms with Crippen LogP contribution in [0.25, 0.3) is 0 Å². The van der Waals surface area contributed by atoms with E-state index in [1.165, 1.54) is 0 Å². The predicted octanol–water partition coefficient (Wildman–Crippen LogP) is 3.26. The smallest absolute Gasteiger partial charge is 0.218 e. The maximum absolute atomic E-state index is 13.6. The van der Waals surface area contributed by atoms with E-state index in [-0.39, 0.29) is 5.78 Å². The van der Waals surface area contributed by atoms with Crippen LogP contribution in [0.3, 0.4) is 0 Å². The van der Waals surface area contributed by atoms with Crippen LogP contribution in [-0.2, 0) is 0 Å². The highest BCUT2D eigenvalue weighted by Gasteiger charge is 2.45. The van der Waals surface area contributed by atoms with Crippen LogP contribution in [0.15, 0.2) is 42.6 Å². The van der Waals surface area contributed by atoms with Crippen LogP contribution in [0.4, 0.5) is 0 Å². The lowest BCUT2D eigenvalue weighted by Crippen LogP contribution is -2.58. The molecule has 3 rings (SSSR count). The van der Waals surface area contributed by atoms with Crippen LogP contribution >= 0.6 is 0 Å². The van der Waals surface area contributed by atoms with Gasteiger partial charge in [0, 0.05) is 24.8 Å². The fraction of sp³-hybridized carbons (Fsp3) is 0.429. The van der Waals surface area contributed by atoms with E-state index in [0.717, 1.165) is 6.42 Å². The zero-order valence-electron chi connectivity index (χ0n) is 16.0. The van der Waals surface area contributed by atoms with Gasteiger partial charge in [-0.2, -0.15) is 0 Å². The Bertz CT molecular complexity index is 785. The van der Waals surface area contributed by atoms with Crippen LogP contribution in [-0.4, -0.2) is 42.7 Å². The summed E-state index contributed by atoms with van der Waals surface area (Å²) in [4.78, 5) is 17.8. The van der Waals surface area contributed by atoms with Gasteiger partial charge in [-0.1, -0.05) is 12.1 Å². The normalized spacial score (nSPS) is 22.1. The van der Waals surface area contributed by atoms with Gasteiger partial charge in [0.25, 0.3) is 0 Å². The number of carbonyl (C=O) groups excluding carboxylic acids is 1. The van der Waals surface area contributed by atoms with Gasteiger partial charge in [-0.05, 0) is 44.9 Å². The first kappa shape index (κ1) is 19.2. The van der Waals surface area contributed by atoms with E-state index in [1.54, 1.807) is 31.5 Å². The van der Waals surface area contributed by atoms with E-state index in [1.807, 2.05) is 25.1 Å². The number of rotatable bonds is 7. The number of para-hydroxylation sites is 1. The molecule has 2 aromatic rings. The quantitative estimate of drug-likeness (QED) is 0.755. The Balaban J connectivity index is 1.96. The van der Waals surface area contributed by atoms with Gasteiger partial charge in [0.2, 0.25) is 11.7 Å². The molecule has 0 spiro atoms. The zero-order valence-corrected chi connectivity index (χ0v) is 16.0. The van der Waals surface area contributed by atoms with Crippen LogP contribution < -0.4 is 19.5 Å². The molecule has 6 nitrogen and oxygen atoms in total. The van der Waals surface area contributed by atoms with Crippen molar-refractivity contribution in [3.63, 3.8) is 0 Å². The summed E-state index contributed by atoms with van der Waals surface area (Å²) in [7, 11) is 1.59. The Labute approximate surface area is 159 Å². The van der Waals surface area contributed by atoms with Crippen molar-refractivity contribution in [2.24, 2.45) is 0 Å². The summed E-state index contributed by atoms with van der Waals surface area (Å²) in [5.74, 6) is 1.48. The molecule has 0 aliphatic carbocycles. The molecule has 6 heteroatoms. The molecule has 0 radical (unpaired) electrons. The van der Waals surface area contributed by atoms with Crippen LogP contribution in [0.2, 0.25) is 0 Å². The standard InChI is InChI=1S/C21H26N2O4/c1-4-26-18-8-6-5-7-17(18)20(24)21(11-9-15(2)23-14-21)27-19-13-16(25-3)10-12-22-19/h5-8,10,12-13,15,23H,4,9,11,14H2,1-3H3/t15-,21-/m1/s1. The molecule has 2 heterocycles. The Morgan fingerprint density at radius 2 is 2.15 bits per heavy atom. The SMILES string of the molecule is CCOc1ccccc1C(=O)[C@@]1(Oc2cc(OC)ccn2)CC[C@@H](C)NC1. The van der Waals surface area contributed by atoms with E-state index in [0.29, 0.717) is 48.6 Å². The van der Waals surface area contributed by atoms with Crippen molar-refractivity contribution in [1.82, 2.24) is 10.3 Å². The Morgan fingerprint density at radius 3 is 2.85 bits per heavy atom. The molecule has 0 bridgehead atoms. The molecule has 2 atom stereocenters. The van der Waals surface area contributed by atoms with Gasteiger partial charge in [-0.15, -0.1) is 0 Å². The van der Waals surface area contributed by atoms with Gasteiger partial charge in [0.05, 0.1) is 19.3 Å². The highest BCUT2D eigenvalue weighted by Crippen LogP contribution is 2.33. The van der Waals surface area contributed by atoms with Crippen molar-refractivity contribution >= 4 is 5.78 Å². The second-order valence-electron chi connectivity index (χ2n) is 6.71. The summed E-state index contributed by atoms with van der Waals surface area (Å²) < 4.78 is 17.1. The second-order valence-corrected chi connectivity index (χ2v) is 6.71. The number of carbonyl (C=O) groups is 1. The molecule has 1 aliphatic rings. The molecule has 0 amide bonds. The molecule has 0 unspecified atom stereocenters. The van der Waals surface area contributed by atoms with E-state index < -0.39 is 5.60 Å². The first-order valence-corrected chi connectivity index (χ1v) is 9.27. The summed E-state index contributed by atoms with van der Waals surface area (Å²) in [5, 5.41) is 3.38. The summed E-state index contributed by atoms with van der Waals surface area (Å²) in [6.45, 7) is 4.90. The number of Topliss-reactive ketones (excluding diaryl/α,β-unsaturated/α-hetero) is 1. The molecule has 1 aliphatic heterocycles. The minimum absolute atomic E-state index is 0.101. The Hall–Kier alpha value is -2.60. The molecule has 27 heavy (non-hydrogen) atoms. The zero-order chi connectivity index (χ0) is 19.3. The second kappa shape index (κ2) is 8.39. The van der Waals surface area contributed by atoms with E-state index in [4.69, 9.17) is 14.2 Å². The van der Waals surface area contributed by atoms with Crippen molar-refractivity contribution in [3.05, 3.63) is 48.2 Å². The van der Waals surface area contributed by atoms with Crippen LogP contribution in [0, 0.1) is 0 Å². The number of hydrogen-bond acceptors (Lipinski definition) is 6. The number of nitrogens with zero attached hydrogens (tertiary/aromatic N) is 1. The number of benzene rings is 1. The fourth-order valence-electron chi connectivity index (χ4n) is 3.26. The third-order valence-corrected chi connectivity index (χ3v) is 4.80. The van der Waals surface area contributed by atoms with E-state index >= 15 is 0 Å². The lowest BCUT2D eigenvalue weighted by atomic mass is 9.83. The average Bonchev–Trinajstić information content (AvgIpc) is 2.70. The predicted molar refractivity (Wildman–Crippen MR) is 103 cm³/mol. The van der Waals surface area contributed by atoms with Crippen molar-refractivity contribution in [3.8, 4) is 17.4 Å². The van der Waals surface area contributed by atoms with Gasteiger partial charge >= 0.3 is 0 Å². The first-order chi connectivity index (χ1) is 13.1. The molecule has 1 aromatic carbocycles. The minimum Gasteiger partial charge on any atom is -0.497 e. The Kier molecular flexibility index (Phi) is 5.96. The number of pyridine rings is 1. The monoisotopic (exact) mass is 370 g/mol. The Morgan fingerprint density at radius 1 is 1.33 bits per heavy atom. The maximum atomic E-state index is 13.6. The van der Waals surface area contributed by atoms with Gasteiger partial charge < -0.3 is 19.5 Å². The average molecular weight is 370 g/mol. The molecule has 1 fully saturated rings. The van der Waals surface area contributed by atoms with Crippen LogP contribution in [0.5, 0.6) is 17.4 Å². The fourth-order valence-corrected chi connectivity index (χ4v) is 3.26. The number of aromatic nitrogens is 1. The molecular formula is C21H26N2O4. The molecule has 1 aromatic heterocycles. The number of hydrogen-bond donors (Lipinski definition) is 1. The molecular weight excluding hydrogens is 344 g/mol. The third-order valence-electron chi connectivity index (χ3n) is 4.80. The third kappa shape index (κ3) is 4.22. The van der Waals surface area contributed by atoms with E-state index in [9.17, 15) is 4.79 Å². The van der Waals surface area contributed by atoms with Gasteiger partial charge in [-0.3, -0.25) is 4.79 Å². The number of methoxy groups -OCH3 is 1. The van der Waals surface area contributed by atoms with Gasteiger partial charge in [-0.25, -0.2) is 4.98 Å². The van der Waals surface area contributed by atoms with Crippen molar-refractivity contribution in [1.29, 1.82) is 0 Å². The van der Waals surface area contributed by atoms with Crippen molar-refractivity contribution < 1.29 is 19.0 Å². The molecule has 0 saturated carbocycles. The molecule has 1 saturated heterocycles. The lowest BCUT2D eigenvalue weighted by Gasteiger charge is -2.38. The number of piperidine rings is 1. The topological polar surface area (TPSA) is 69.7 Å². The first-order valence-electron chi connectivity index (χ1n) is 9.27. The maximum Gasteiger partial charge on any atom is 0.218 e. The number of ketones is 1. The lowest BCUT2D eigenvalue weighted by molar-refractivity contribution is 0.0260. The molecule has 144 valence electrons. The van der Waals surface area contributed by atoms with Gasteiger partial charge in [0.15, 0.2) is 5.60 Å². The number of ether oxygens (including phenoxy) is 3.